The van der Waals surface area contributed by atoms with Gasteiger partial charge in [0.25, 0.3) is 0 Å². The quantitative estimate of drug-likeness (QED) is 0.282. The summed E-state index contributed by atoms with van der Waals surface area (Å²) in [5.74, 6) is 0.868. The summed E-state index contributed by atoms with van der Waals surface area (Å²) >= 11 is 0. The Balaban J connectivity index is 1.54. The van der Waals surface area contributed by atoms with Crippen LogP contribution < -0.4 is 4.74 Å². The van der Waals surface area contributed by atoms with Gasteiger partial charge in [-0.3, -0.25) is 0 Å². The van der Waals surface area contributed by atoms with Crippen LogP contribution in [-0.4, -0.2) is 6.61 Å². The van der Waals surface area contributed by atoms with E-state index < -0.39 is 0 Å². The molecule has 0 saturated heterocycles. The number of ether oxygens (including phenoxy) is 1. The fourth-order valence-electron chi connectivity index (χ4n) is 2.90. The normalized spacial score (nSPS) is 10.8. The molecule has 3 aromatic carbocycles. The van der Waals surface area contributed by atoms with Crippen molar-refractivity contribution in [1.29, 1.82) is 5.26 Å². The summed E-state index contributed by atoms with van der Waals surface area (Å²) in [6.45, 7) is 2.96. The van der Waals surface area contributed by atoms with Gasteiger partial charge in [0.05, 0.1) is 29.6 Å². The molecular weight excluding hydrogens is 358 g/mol. The van der Waals surface area contributed by atoms with E-state index in [9.17, 15) is 0 Å². The average molecular weight is 383 g/mol. The van der Waals surface area contributed by atoms with Crippen LogP contribution in [0.25, 0.3) is 11.1 Å². The molecule has 0 unspecified atom stereocenters. The summed E-state index contributed by atoms with van der Waals surface area (Å²) in [4.78, 5) is 0. The molecule has 0 fully saturated rings. The van der Waals surface area contributed by atoms with Gasteiger partial charge in [-0.25, -0.2) is 0 Å². The van der Waals surface area contributed by atoms with E-state index in [0.29, 0.717) is 5.56 Å². The van der Waals surface area contributed by atoms with E-state index in [1.54, 1.807) is 0 Å². The fourth-order valence-corrected chi connectivity index (χ4v) is 2.90. The third kappa shape index (κ3) is 6.29. The molecule has 3 aromatic rings. The van der Waals surface area contributed by atoms with Crippen molar-refractivity contribution in [2.24, 2.45) is 10.2 Å². The third-order valence-electron chi connectivity index (χ3n) is 4.60. The second-order valence-electron chi connectivity index (χ2n) is 6.84. The van der Waals surface area contributed by atoms with Crippen LogP contribution in [0.1, 0.15) is 38.2 Å². The second-order valence-corrected chi connectivity index (χ2v) is 6.84. The van der Waals surface area contributed by atoms with Gasteiger partial charge < -0.3 is 4.74 Å². The summed E-state index contributed by atoms with van der Waals surface area (Å²) in [7, 11) is 0. The largest absolute Gasteiger partial charge is 0.494 e. The Morgan fingerprint density at radius 1 is 0.724 bits per heavy atom. The first-order valence-electron chi connectivity index (χ1n) is 10.0. The van der Waals surface area contributed by atoms with E-state index in [-0.39, 0.29) is 0 Å². The summed E-state index contributed by atoms with van der Waals surface area (Å²) < 4.78 is 5.75. The van der Waals surface area contributed by atoms with Crippen molar-refractivity contribution in [1.82, 2.24) is 0 Å². The second kappa shape index (κ2) is 10.8. The average Bonchev–Trinajstić information content (AvgIpc) is 2.79. The van der Waals surface area contributed by atoms with Crippen LogP contribution in [0.4, 0.5) is 11.4 Å². The molecule has 4 nitrogen and oxygen atoms in total. The van der Waals surface area contributed by atoms with Crippen LogP contribution in [0.15, 0.2) is 83.0 Å². The smallest absolute Gasteiger partial charge is 0.119 e. The first-order chi connectivity index (χ1) is 14.3. The van der Waals surface area contributed by atoms with Gasteiger partial charge in [0.1, 0.15) is 5.75 Å². The SMILES string of the molecule is CCCCCCOc1ccc(N=Nc2ccc(-c3ccc(C#N)cc3)cc2)cc1. The molecule has 0 aliphatic rings. The number of rotatable bonds is 9. The number of hydrogen-bond donors (Lipinski definition) is 0. The van der Waals surface area contributed by atoms with E-state index in [1.807, 2.05) is 72.8 Å². The van der Waals surface area contributed by atoms with E-state index in [2.05, 4.69) is 23.2 Å². The molecule has 0 atom stereocenters. The molecule has 146 valence electrons. The zero-order chi connectivity index (χ0) is 20.3. The number of benzene rings is 3. The third-order valence-corrected chi connectivity index (χ3v) is 4.60. The van der Waals surface area contributed by atoms with E-state index in [0.717, 1.165) is 41.3 Å². The molecule has 0 heterocycles. The molecule has 3 rings (SSSR count). The van der Waals surface area contributed by atoms with E-state index in [1.165, 1.54) is 19.3 Å². The summed E-state index contributed by atoms with van der Waals surface area (Å²) in [5.41, 5.74) is 4.39. The van der Waals surface area contributed by atoms with E-state index >= 15 is 0 Å². The molecular formula is C25H25N3O. The molecule has 0 radical (unpaired) electrons. The number of azo groups is 1. The number of nitriles is 1. The fraction of sp³-hybridized carbons (Fsp3) is 0.240. The van der Waals surface area contributed by atoms with Crippen molar-refractivity contribution in [3.8, 4) is 22.9 Å². The molecule has 0 aliphatic carbocycles. The summed E-state index contributed by atoms with van der Waals surface area (Å²) in [6, 6.07) is 25.2. The van der Waals surface area contributed by atoms with Gasteiger partial charge in [-0.15, -0.1) is 0 Å². The van der Waals surface area contributed by atoms with Crippen molar-refractivity contribution in [3.05, 3.63) is 78.4 Å². The van der Waals surface area contributed by atoms with Crippen LogP contribution in [0, 0.1) is 11.3 Å². The monoisotopic (exact) mass is 383 g/mol. The van der Waals surface area contributed by atoms with Crippen molar-refractivity contribution in [2.75, 3.05) is 6.61 Å². The molecule has 0 aromatic heterocycles. The maximum atomic E-state index is 8.89. The van der Waals surface area contributed by atoms with Crippen LogP contribution in [-0.2, 0) is 0 Å². The molecule has 4 heteroatoms. The minimum absolute atomic E-state index is 0.659. The Morgan fingerprint density at radius 2 is 1.28 bits per heavy atom. The molecule has 0 amide bonds. The van der Waals surface area contributed by atoms with Crippen molar-refractivity contribution in [2.45, 2.75) is 32.6 Å². The van der Waals surface area contributed by atoms with Crippen molar-refractivity contribution < 1.29 is 4.74 Å². The Morgan fingerprint density at radius 3 is 1.83 bits per heavy atom. The summed E-state index contributed by atoms with van der Waals surface area (Å²) in [5, 5.41) is 17.5. The zero-order valence-electron chi connectivity index (χ0n) is 16.7. The van der Waals surface area contributed by atoms with Gasteiger partial charge in [-0.05, 0) is 66.1 Å². The van der Waals surface area contributed by atoms with Gasteiger partial charge in [0, 0.05) is 0 Å². The van der Waals surface area contributed by atoms with Gasteiger partial charge >= 0.3 is 0 Å². The number of unbranched alkanes of at least 4 members (excludes halogenated alkanes) is 3. The predicted molar refractivity (Wildman–Crippen MR) is 117 cm³/mol. The van der Waals surface area contributed by atoms with Crippen LogP contribution in [0.3, 0.4) is 0 Å². The highest BCUT2D eigenvalue weighted by Gasteiger charge is 1.99. The van der Waals surface area contributed by atoms with Gasteiger partial charge in [0.2, 0.25) is 0 Å². The van der Waals surface area contributed by atoms with Crippen molar-refractivity contribution in [3.63, 3.8) is 0 Å². The Hall–Kier alpha value is -3.45. The number of hydrogen-bond acceptors (Lipinski definition) is 4. The highest BCUT2D eigenvalue weighted by atomic mass is 16.5. The maximum Gasteiger partial charge on any atom is 0.119 e. The first kappa shape index (κ1) is 20.3. The Kier molecular flexibility index (Phi) is 7.54. The van der Waals surface area contributed by atoms with Gasteiger partial charge in [-0.1, -0.05) is 50.5 Å². The van der Waals surface area contributed by atoms with Crippen molar-refractivity contribution >= 4 is 11.4 Å². The maximum absolute atomic E-state index is 8.89. The molecule has 0 aliphatic heterocycles. The zero-order valence-corrected chi connectivity index (χ0v) is 16.7. The molecule has 0 saturated carbocycles. The lowest BCUT2D eigenvalue weighted by molar-refractivity contribution is 0.305. The minimum atomic E-state index is 0.659. The van der Waals surface area contributed by atoms with Crippen LogP contribution in [0.2, 0.25) is 0 Å². The van der Waals surface area contributed by atoms with Gasteiger partial charge in [0.15, 0.2) is 0 Å². The number of nitrogens with zero attached hydrogens (tertiary/aromatic N) is 3. The topological polar surface area (TPSA) is 57.7 Å². The highest BCUT2D eigenvalue weighted by molar-refractivity contribution is 5.66. The molecule has 29 heavy (non-hydrogen) atoms. The lowest BCUT2D eigenvalue weighted by atomic mass is 10.0. The molecule has 0 bridgehead atoms. The molecule has 0 N–H and O–H groups in total. The minimum Gasteiger partial charge on any atom is -0.494 e. The predicted octanol–water partition coefficient (Wildman–Crippen LogP) is 7.60. The molecule has 0 spiro atoms. The Labute approximate surface area is 172 Å². The standard InChI is InChI=1S/C25H25N3O/c1-2-3-4-5-18-29-25-16-14-24(15-17-25)28-27-23-12-10-22(11-13-23)21-8-6-20(19-26)7-9-21/h6-17H,2-5,18H2,1H3. The van der Waals surface area contributed by atoms with Gasteiger partial charge in [-0.2, -0.15) is 15.5 Å². The summed E-state index contributed by atoms with van der Waals surface area (Å²) in [6.07, 6.45) is 4.80. The van der Waals surface area contributed by atoms with Crippen LogP contribution >= 0.6 is 0 Å². The lowest BCUT2D eigenvalue weighted by Crippen LogP contribution is -1.96. The Bertz CT molecular complexity index is 953. The highest BCUT2D eigenvalue weighted by Crippen LogP contribution is 2.25. The van der Waals surface area contributed by atoms with E-state index in [4.69, 9.17) is 10.00 Å². The van der Waals surface area contributed by atoms with Crippen LogP contribution in [0.5, 0.6) is 5.75 Å². The first-order valence-corrected chi connectivity index (χ1v) is 10.0. The lowest BCUT2D eigenvalue weighted by Gasteiger charge is -2.05.